The first kappa shape index (κ1) is 79.1. The molecule has 0 spiro atoms. The van der Waals surface area contributed by atoms with Crippen LogP contribution in [0.5, 0.6) is 5.75 Å². The lowest BCUT2D eigenvalue weighted by Crippen LogP contribution is -2.41. The van der Waals surface area contributed by atoms with Gasteiger partial charge >= 0.3 is 36.2 Å². The normalized spacial score (nSPS) is 9.89. The molecule has 1 heterocycles. The minimum atomic E-state index is -0.272. The minimum Gasteiger partial charge on any atom is -0.370 e. The Morgan fingerprint density at radius 1 is 0.473 bits per heavy atom. The number of carbonyl (C=O) groups is 6. The highest BCUT2D eigenvalue weighted by molar-refractivity contribution is 7.22. The van der Waals surface area contributed by atoms with Gasteiger partial charge in [-0.2, -0.15) is 0 Å². The van der Waals surface area contributed by atoms with Gasteiger partial charge in [0.2, 0.25) is 0 Å². The van der Waals surface area contributed by atoms with E-state index < -0.39 is 0 Å². The van der Waals surface area contributed by atoms with Gasteiger partial charge in [-0.15, -0.1) is 5.06 Å². The lowest BCUT2D eigenvalue weighted by Gasteiger charge is -2.25. The van der Waals surface area contributed by atoms with E-state index >= 15 is 0 Å². The fourth-order valence-corrected chi connectivity index (χ4v) is 8.53. The second-order valence-corrected chi connectivity index (χ2v) is 24.3. The number of aryl methyl sites for hydroxylation is 1. The van der Waals surface area contributed by atoms with Gasteiger partial charge in [0, 0.05) is 122 Å². The fourth-order valence-electron chi connectivity index (χ4n) is 6.58. The molecule has 8 rings (SSSR count). The van der Waals surface area contributed by atoms with Crippen LogP contribution in [0.4, 0.5) is 62.3 Å². The number of hydrogen-bond donors (Lipinski definition) is 5. The van der Waals surface area contributed by atoms with Crippen LogP contribution in [0.25, 0.3) is 10.2 Å². The monoisotopic (exact) mass is 1430 g/mol. The van der Waals surface area contributed by atoms with Crippen LogP contribution in [0.15, 0.2) is 158 Å². The zero-order valence-corrected chi connectivity index (χ0v) is 59.7. The van der Waals surface area contributed by atoms with Crippen LogP contribution in [0.1, 0.15) is 25.3 Å². The first-order chi connectivity index (χ1) is 43.9. The Morgan fingerprint density at radius 2 is 0.903 bits per heavy atom. The van der Waals surface area contributed by atoms with Crippen molar-refractivity contribution in [2.45, 2.75) is 26.7 Å². The highest BCUT2D eigenvalue weighted by Crippen LogP contribution is 2.29. The standard InChI is InChI=1S/C15H15ClN2O2.C12H16Cl2N2O.C10H13ClN2O.C10H11N3OS.C9H10Cl2N2O.C9H11ClN2O/c1-17(2)15(19)18(13-6-4-3-5-7-13)20-14-10-8-12(16)9-11-14;1-3-4-7-16(2)12(17)15-9-5-6-10(13)11(14)8-9;1-7-4-5-8(6-9(7)11)12-10(14)13(2)3;1-11-9(14)13(2)10-12-7-5-3-4-6-8(7)15-10;1-13(2)9(14)12-6-3-4-7(10)8(11)5-6;1-12(2)9(13)11-8-5-3-7(10)4-6-8/h3-11H,1-2H3;5-6,8H,3-4,7H2,1-2H3,(H,15,17);4-6H,1-3H3,(H,12,14);3-6H,1-2H3,(H,11,14);3-5H,1-2H3,(H,12,14);3-6H,1-2H3,(H,11,13). The number of carbonyl (C=O) groups excluding carboxylic acids is 6. The number of aromatic nitrogens is 1. The predicted molar refractivity (Wildman–Crippen MR) is 388 cm³/mol. The lowest BCUT2D eigenvalue weighted by atomic mass is 10.2. The van der Waals surface area contributed by atoms with Gasteiger partial charge in [-0.05, 0) is 140 Å². The summed E-state index contributed by atoms with van der Waals surface area (Å²) in [5.41, 5.74) is 5.29. The van der Waals surface area contributed by atoms with Crippen LogP contribution in [0.3, 0.4) is 0 Å². The molecule has 0 saturated carbocycles. The summed E-state index contributed by atoms with van der Waals surface area (Å²) in [6.07, 6.45) is 2.05. The molecule has 0 aliphatic heterocycles. The van der Waals surface area contributed by atoms with Crippen molar-refractivity contribution in [2.24, 2.45) is 0 Å². The molecule has 0 radical (unpaired) electrons. The summed E-state index contributed by atoms with van der Waals surface area (Å²) < 4.78 is 1.09. The van der Waals surface area contributed by atoms with Crippen LogP contribution >= 0.6 is 92.5 Å². The van der Waals surface area contributed by atoms with E-state index in [2.05, 4.69) is 38.5 Å². The number of urea groups is 6. The summed E-state index contributed by atoms with van der Waals surface area (Å²) >= 11 is 42.1. The van der Waals surface area contributed by atoms with Crippen molar-refractivity contribution in [3.8, 4) is 5.75 Å². The number of halogens is 7. The van der Waals surface area contributed by atoms with Crippen LogP contribution in [0, 0.1) is 6.92 Å². The second-order valence-electron chi connectivity index (χ2n) is 20.3. The number of anilines is 6. The largest absolute Gasteiger partial charge is 0.370 e. The van der Waals surface area contributed by atoms with Crippen LogP contribution in [-0.2, 0) is 0 Å². The molecule has 8 aromatic rings. The molecule has 5 N–H and O–H groups in total. The van der Waals surface area contributed by atoms with E-state index in [0.717, 1.165) is 40.9 Å². The van der Waals surface area contributed by atoms with Gasteiger partial charge in [-0.3, -0.25) is 4.90 Å². The number of para-hydroxylation sites is 2. The molecule has 0 fully saturated rings. The van der Waals surface area contributed by atoms with Gasteiger partial charge in [0.05, 0.1) is 36.0 Å². The maximum atomic E-state index is 12.2. The van der Waals surface area contributed by atoms with E-state index in [-0.39, 0.29) is 36.2 Å². The van der Waals surface area contributed by atoms with E-state index in [4.69, 9.17) is 86.0 Å². The molecule has 1 aromatic heterocycles. The van der Waals surface area contributed by atoms with E-state index in [9.17, 15) is 28.8 Å². The third-order valence-corrected chi connectivity index (χ3v) is 15.4. The van der Waals surface area contributed by atoms with Gasteiger partial charge in [0.1, 0.15) is 0 Å². The Labute approximate surface area is 583 Å². The van der Waals surface area contributed by atoms with Crippen LogP contribution in [0.2, 0.25) is 35.2 Å². The highest BCUT2D eigenvalue weighted by Gasteiger charge is 2.20. The van der Waals surface area contributed by atoms with Gasteiger partial charge < -0.3 is 55.9 Å². The molecular weight excluding hydrogens is 1360 g/mol. The third-order valence-electron chi connectivity index (χ3n) is 11.9. The number of nitrogens with zero attached hydrogens (tertiary/aromatic N) is 8. The SMILES string of the molecule is CCCCN(C)C(=O)Nc1ccc(Cl)c(Cl)c1.CN(C)C(=O)N(Oc1ccc(Cl)cc1)c1ccccc1.CN(C)C(=O)Nc1ccc(Cl)c(Cl)c1.CN(C)C(=O)Nc1ccc(Cl)cc1.CNC(=O)N(C)c1nc2ccccc2s1.Cc1ccc(NC(=O)N(C)C)cc1Cl. The molecule has 0 bridgehead atoms. The van der Waals surface area contributed by atoms with Crippen LogP contribution < -0.4 is 41.4 Å². The molecule has 28 heteroatoms. The topological polar surface area (TPSA) is 207 Å². The summed E-state index contributed by atoms with van der Waals surface area (Å²) in [5, 5.41) is 19.0. The number of amides is 12. The molecular formula is C65H76Cl7N13O7S. The molecule has 0 unspecified atom stereocenters. The number of thiazole rings is 1. The number of benzene rings is 7. The zero-order chi connectivity index (χ0) is 69.5. The van der Waals surface area contributed by atoms with Crippen molar-refractivity contribution in [2.75, 3.05) is 115 Å². The minimum absolute atomic E-state index is 0.142. The molecule has 7 aromatic carbocycles. The van der Waals surface area contributed by atoms with Crippen molar-refractivity contribution in [3.63, 3.8) is 0 Å². The number of fused-ring (bicyclic) bond motifs is 1. The molecule has 0 saturated heterocycles. The van der Waals surface area contributed by atoms with E-state index in [1.165, 1.54) is 40.9 Å². The Balaban J connectivity index is 0.000000293. The maximum Gasteiger partial charge on any atom is 0.357 e. The van der Waals surface area contributed by atoms with Crippen molar-refractivity contribution in [1.29, 1.82) is 0 Å². The highest BCUT2D eigenvalue weighted by atomic mass is 35.5. The lowest BCUT2D eigenvalue weighted by molar-refractivity contribution is 0.190. The smallest absolute Gasteiger partial charge is 0.357 e. The second kappa shape index (κ2) is 40.8. The number of rotatable bonds is 11. The Kier molecular flexibility index (Phi) is 34.7. The molecule has 0 aliphatic rings. The van der Waals surface area contributed by atoms with Crippen molar-refractivity contribution in [3.05, 3.63) is 198 Å². The Bertz CT molecular complexity index is 3580. The average Bonchev–Trinajstić information content (AvgIpc) is 1.79. The van der Waals surface area contributed by atoms with Crippen molar-refractivity contribution in [1.82, 2.24) is 34.8 Å². The average molecular weight is 1430 g/mol. The Morgan fingerprint density at radius 3 is 1.34 bits per heavy atom. The van der Waals surface area contributed by atoms with Crippen molar-refractivity contribution >= 4 is 173 Å². The van der Waals surface area contributed by atoms with Gasteiger partial charge in [0.15, 0.2) is 10.9 Å². The molecule has 12 amide bonds. The molecule has 20 nitrogen and oxygen atoms in total. The van der Waals surface area contributed by atoms with Gasteiger partial charge in [-0.25, -0.2) is 33.8 Å². The van der Waals surface area contributed by atoms with E-state index in [0.29, 0.717) is 68.8 Å². The predicted octanol–water partition coefficient (Wildman–Crippen LogP) is 18.4. The maximum absolute atomic E-state index is 12.2. The Hall–Kier alpha value is -8.12. The quantitative estimate of drug-likeness (QED) is 0.0786. The summed E-state index contributed by atoms with van der Waals surface area (Å²) in [7, 11) is 18.5. The number of nitrogens with one attached hydrogen (secondary N) is 5. The first-order valence-corrected chi connectivity index (χ1v) is 31.6. The summed E-state index contributed by atoms with van der Waals surface area (Å²) in [5.74, 6) is 0.536. The third kappa shape index (κ3) is 28.7. The van der Waals surface area contributed by atoms with Gasteiger partial charge in [0.25, 0.3) is 0 Å². The number of hydrogen-bond acceptors (Lipinski definition) is 9. The van der Waals surface area contributed by atoms with Crippen molar-refractivity contribution < 1.29 is 33.6 Å². The molecule has 93 heavy (non-hydrogen) atoms. The summed E-state index contributed by atoms with van der Waals surface area (Å²) in [6.45, 7) is 4.74. The molecule has 0 aliphatic carbocycles. The van der Waals surface area contributed by atoms with E-state index in [1.54, 1.807) is 186 Å². The van der Waals surface area contributed by atoms with Crippen LogP contribution in [-0.4, -0.2) is 150 Å². The fraction of sp³-hybridized carbons (Fsp3) is 0.246. The first-order valence-electron chi connectivity index (χ1n) is 28.1. The van der Waals surface area contributed by atoms with Gasteiger partial charge in [-0.1, -0.05) is 142 Å². The number of hydroxylamine groups is 1. The molecule has 498 valence electrons. The zero-order valence-electron chi connectivity index (χ0n) is 53.6. The van der Waals surface area contributed by atoms with E-state index in [1.807, 2.05) is 61.5 Å². The number of unbranched alkanes of at least 4 members (excludes halogenated alkanes) is 1. The molecule has 0 atom stereocenters. The summed E-state index contributed by atoms with van der Waals surface area (Å²) in [6, 6.07) is 45.1. The summed E-state index contributed by atoms with van der Waals surface area (Å²) in [4.78, 5) is 88.0.